The molecule has 2 aliphatic heterocycles. The van der Waals surface area contributed by atoms with Gasteiger partial charge in [-0.2, -0.15) is 0 Å². The Hall–Kier alpha value is -2.35. The second kappa shape index (κ2) is 7.33. The lowest BCUT2D eigenvalue weighted by Gasteiger charge is -2.43. The molecule has 3 fully saturated rings. The van der Waals surface area contributed by atoms with Crippen LogP contribution in [0.3, 0.4) is 0 Å². The molecule has 6 unspecified atom stereocenters. The summed E-state index contributed by atoms with van der Waals surface area (Å²) in [6.07, 6.45) is 0.894. The van der Waals surface area contributed by atoms with E-state index in [0.29, 0.717) is 10.7 Å². The van der Waals surface area contributed by atoms with Crippen LogP contribution in [0.4, 0.5) is 5.69 Å². The van der Waals surface area contributed by atoms with Crippen LogP contribution >= 0.6 is 34.7 Å². The molecule has 8 heteroatoms. The number of benzene rings is 2. The topological polar surface area (TPSA) is 70.2 Å². The number of carbonyl (C=O) groups excluding carboxylic acids is 2. The lowest BCUT2D eigenvalue weighted by molar-refractivity contribution is -0.123. The summed E-state index contributed by atoms with van der Waals surface area (Å²) in [5.74, 6) is -0.207. The molecular weight excluding hydrogens is 488 g/mol. The lowest BCUT2D eigenvalue weighted by atomic mass is 9.67. The second-order valence-corrected chi connectivity index (χ2v) is 12.4. The van der Waals surface area contributed by atoms with E-state index in [1.807, 2.05) is 6.07 Å². The maximum atomic E-state index is 13.7. The lowest BCUT2D eigenvalue weighted by Crippen LogP contribution is -2.42. The summed E-state index contributed by atoms with van der Waals surface area (Å²) in [7, 11) is 0. The van der Waals surface area contributed by atoms with Crippen LogP contribution in [0.2, 0.25) is 5.02 Å². The standard InChI is InChI=1S/C26H21ClN2O3S2/c1-11-4-2-3-5-14(11)17-18-15-10-16(21(18)33-23-22(17)34-26(32)28-23)20-19(15)24(30)29(25(20)31)13-8-6-12(27)7-9-13/h2-9,15-21H,10H2,1H3,(H,28,32)/t15?,16?,17?,18-,19?,20?,21?/m0/s1. The Balaban J connectivity index is 1.34. The third-order valence-corrected chi connectivity index (χ3v) is 11.2. The van der Waals surface area contributed by atoms with Crippen LogP contribution in [0.1, 0.15) is 28.3 Å². The number of thioether (sulfide) groups is 1. The van der Waals surface area contributed by atoms with Gasteiger partial charge in [-0.15, -0.1) is 11.8 Å². The van der Waals surface area contributed by atoms with Crippen LogP contribution in [0.25, 0.3) is 0 Å². The van der Waals surface area contributed by atoms with Gasteiger partial charge in [-0.1, -0.05) is 47.2 Å². The van der Waals surface area contributed by atoms with E-state index in [1.165, 1.54) is 27.4 Å². The Bertz CT molecular complexity index is 1410. The number of aromatic amines is 1. The van der Waals surface area contributed by atoms with Gasteiger partial charge >= 0.3 is 4.87 Å². The fraction of sp³-hybridized carbons (Fsp3) is 0.346. The van der Waals surface area contributed by atoms with Crippen molar-refractivity contribution in [3.8, 4) is 0 Å². The number of anilines is 1. The van der Waals surface area contributed by atoms with Crippen molar-refractivity contribution in [2.45, 2.75) is 29.5 Å². The molecule has 0 radical (unpaired) electrons. The first-order valence-corrected chi connectivity index (χ1v) is 13.6. The minimum absolute atomic E-state index is 0.0373. The number of halogens is 1. The van der Waals surface area contributed by atoms with Crippen LogP contribution in [-0.2, 0) is 9.59 Å². The van der Waals surface area contributed by atoms with Crippen molar-refractivity contribution >= 4 is 52.2 Å². The number of H-pyrrole nitrogens is 1. The minimum atomic E-state index is -0.293. The summed E-state index contributed by atoms with van der Waals surface area (Å²) in [5.41, 5.74) is 3.02. The normalized spacial score (nSPS) is 33.2. The predicted octanol–water partition coefficient (Wildman–Crippen LogP) is 5.08. The van der Waals surface area contributed by atoms with Crippen molar-refractivity contribution in [2.24, 2.45) is 29.6 Å². The number of amides is 2. The van der Waals surface area contributed by atoms with Gasteiger partial charge in [0.1, 0.15) is 0 Å². The summed E-state index contributed by atoms with van der Waals surface area (Å²) >= 11 is 9.06. The molecule has 34 heavy (non-hydrogen) atoms. The van der Waals surface area contributed by atoms with Gasteiger partial charge in [0.2, 0.25) is 11.8 Å². The average Bonchev–Trinajstić information content (AvgIpc) is 3.54. The number of nitrogens with zero attached hydrogens (tertiary/aromatic N) is 1. The molecule has 7 rings (SSSR count). The zero-order valence-corrected chi connectivity index (χ0v) is 20.6. The van der Waals surface area contributed by atoms with Crippen LogP contribution in [0.5, 0.6) is 0 Å². The highest BCUT2D eigenvalue weighted by Gasteiger charge is 2.69. The Kier molecular flexibility index (Phi) is 4.52. The molecule has 172 valence electrons. The highest BCUT2D eigenvalue weighted by Crippen LogP contribution is 2.68. The average molecular weight is 509 g/mol. The van der Waals surface area contributed by atoms with E-state index in [0.717, 1.165) is 16.3 Å². The Morgan fingerprint density at radius 3 is 2.41 bits per heavy atom. The van der Waals surface area contributed by atoms with Crippen molar-refractivity contribution in [1.82, 2.24) is 4.98 Å². The summed E-state index contributed by atoms with van der Waals surface area (Å²) in [6.45, 7) is 2.11. The smallest absolute Gasteiger partial charge is 0.305 e. The fourth-order valence-corrected chi connectivity index (χ4v) is 10.2. The molecule has 1 aromatic heterocycles. The fourth-order valence-electron chi connectivity index (χ4n) is 7.15. The summed E-state index contributed by atoms with van der Waals surface area (Å²) in [6, 6.07) is 15.3. The van der Waals surface area contributed by atoms with Crippen molar-refractivity contribution < 1.29 is 9.59 Å². The Labute approximate surface area is 209 Å². The number of thiazole rings is 1. The van der Waals surface area contributed by atoms with Crippen molar-refractivity contribution in [2.75, 3.05) is 4.90 Å². The highest BCUT2D eigenvalue weighted by molar-refractivity contribution is 8.00. The molecule has 5 nitrogen and oxygen atoms in total. The van der Waals surface area contributed by atoms with E-state index >= 15 is 0 Å². The zero-order valence-electron chi connectivity index (χ0n) is 18.2. The zero-order chi connectivity index (χ0) is 23.3. The van der Waals surface area contributed by atoms with Crippen molar-refractivity contribution in [1.29, 1.82) is 0 Å². The third-order valence-electron chi connectivity index (χ3n) is 8.33. The van der Waals surface area contributed by atoms with E-state index in [4.69, 9.17) is 11.6 Å². The maximum Gasteiger partial charge on any atom is 0.305 e. The first kappa shape index (κ1) is 21.0. The monoisotopic (exact) mass is 508 g/mol. The van der Waals surface area contributed by atoms with E-state index < -0.39 is 0 Å². The molecule has 2 saturated carbocycles. The number of nitrogens with one attached hydrogen (secondary N) is 1. The molecule has 7 atom stereocenters. The number of aryl methyl sites for hydroxylation is 1. The quantitative estimate of drug-likeness (QED) is 0.490. The van der Waals surface area contributed by atoms with Gasteiger partial charge in [0.15, 0.2) is 0 Å². The molecular formula is C26H21ClN2O3S2. The van der Waals surface area contributed by atoms with E-state index in [1.54, 1.807) is 36.0 Å². The molecule has 1 N–H and O–H groups in total. The van der Waals surface area contributed by atoms with Crippen molar-refractivity contribution in [3.05, 3.63) is 79.2 Å². The molecule has 2 aromatic carbocycles. The third kappa shape index (κ3) is 2.72. The molecule has 1 saturated heterocycles. The summed E-state index contributed by atoms with van der Waals surface area (Å²) in [4.78, 5) is 45.2. The van der Waals surface area contributed by atoms with E-state index in [9.17, 15) is 14.4 Å². The van der Waals surface area contributed by atoms with Gasteiger partial charge in [0.05, 0.1) is 22.5 Å². The maximum absolute atomic E-state index is 13.7. The minimum Gasteiger partial charge on any atom is -0.307 e. The first-order valence-electron chi connectivity index (χ1n) is 11.5. The van der Waals surface area contributed by atoms with Gasteiger partial charge in [-0.25, -0.2) is 0 Å². The van der Waals surface area contributed by atoms with Crippen LogP contribution in [0.15, 0.2) is 58.4 Å². The van der Waals surface area contributed by atoms with E-state index in [2.05, 4.69) is 30.1 Å². The second-order valence-electron chi connectivity index (χ2n) is 9.81. The van der Waals surface area contributed by atoms with Crippen LogP contribution in [-0.4, -0.2) is 22.0 Å². The first-order chi connectivity index (χ1) is 16.4. The van der Waals surface area contributed by atoms with Gasteiger partial charge in [0.25, 0.3) is 0 Å². The highest BCUT2D eigenvalue weighted by atomic mass is 35.5. The SMILES string of the molecule is Cc1ccccc1C1c2sc(=O)[nH]c2SC2C3CC(C4C(=O)N(c5ccc(Cl)cc5)C(=O)C34)[C@@H]12. The van der Waals surface area contributed by atoms with Crippen LogP contribution in [0, 0.1) is 36.5 Å². The number of carbonyl (C=O) groups is 2. The van der Waals surface area contributed by atoms with Gasteiger partial charge in [-0.3, -0.25) is 19.3 Å². The molecule has 3 aromatic rings. The Morgan fingerprint density at radius 2 is 1.68 bits per heavy atom. The molecule has 2 amide bonds. The number of imide groups is 1. The summed E-state index contributed by atoms with van der Waals surface area (Å²) in [5, 5.41) is 1.72. The largest absolute Gasteiger partial charge is 0.307 e. The summed E-state index contributed by atoms with van der Waals surface area (Å²) < 4.78 is 0. The number of aromatic nitrogens is 1. The van der Waals surface area contributed by atoms with Gasteiger partial charge in [-0.05, 0) is 66.5 Å². The van der Waals surface area contributed by atoms with Gasteiger partial charge in [0, 0.05) is 21.1 Å². The number of hydrogen-bond donors (Lipinski definition) is 1. The van der Waals surface area contributed by atoms with Gasteiger partial charge < -0.3 is 4.98 Å². The molecule has 2 bridgehead atoms. The number of hydrogen-bond acceptors (Lipinski definition) is 5. The number of rotatable bonds is 2. The van der Waals surface area contributed by atoms with E-state index in [-0.39, 0.29) is 57.4 Å². The molecule has 4 aliphatic rings. The predicted molar refractivity (Wildman–Crippen MR) is 134 cm³/mol. The molecule has 3 heterocycles. The van der Waals surface area contributed by atoms with Crippen LogP contribution < -0.4 is 9.77 Å². The molecule has 0 spiro atoms. The van der Waals surface area contributed by atoms with Crippen molar-refractivity contribution in [3.63, 3.8) is 0 Å². The molecule has 2 aliphatic carbocycles. The Morgan fingerprint density at radius 1 is 0.971 bits per heavy atom. The number of fused-ring (bicyclic) bond motifs is 9.